The summed E-state index contributed by atoms with van der Waals surface area (Å²) < 4.78 is 5.53. The van der Waals surface area contributed by atoms with Crippen molar-refractivity contribution in [3.05, 3.63) is 38.2 Å². The summed E-state index contributed by atoms with van der Waals surface area (Å²) in [7, 11) is 0. The summed E-state index contributed by atoms with van der Waals surface area (Å²) in [5, 5.41) is 13.1. The van der Waals surface area contributed by atoms with Crippen molar-refractivity contribution >= 4 is 28.6 Å². The minimum absolute atomic E-state index is 0.285. The first kappa shape index (κ1) is 12.1. The van der Waals surface area contributed by atoms with Gasteiger partial charge in [0, 0.05) is 11.3 Å². The maximum Gasteiger partial charge on any atom is 0.349 e. The van der Waals surface area contributed by atoms with Gasteiger partial charge in [-0.1, -0.05) is 0 Å². The largest absolute Gasteiger partial charge is 0.491 e. The molecule has 0 spiro atoms. The van der Waals surface area contributed by atoms with Gasteiger partial charge in [-0.15, -0.1) is 11.3 Å². The van der Waals surface area contributed by atoms with Crippen molar-refractivity contribution in [2.45, 2.75) is 13.3 Å². The van der Waals surface area contributed by atoms with Crippen LogP contribution in [-0.2, 0) is 6.42 Å². The van der Waals surface area contributed by atoms with Crippen LogP contribution in [0.4, 0.5) is 0 Å². The Bertz CT molecular complexity index is 500. The smallest absolute Gasteiger partial charge is 0.349 e. The highest BCUT2D eigenvalue weighted by Gasteiger charge is 2.14. The molecular weight excluding hydrogens is 256 g/mol. The van der Waals surface area contributed by atoms with E-state index in [0.29, 0.717) is 12.4 Å². The van der Waals surface area contributed by atoms with Crippen molar-refractivity contribution in [2.75, 3.05) is 6.61 Å². The van der Waals surface area contributed by atoms with Crippen molar-refractivity contribution < 1.29 is 14.6 Å². The Morgan fingerprint density at radius 3 is 3.00 bits per heavy atom. The first-order valence-corrected chi connectivity index (χ1v) is 6.90. The highest BCUT2D eigenvalue weighted by Crippen LogP contribution is 2.28. The van der Waals surface area contributed by atoms with Crippen LogP contribution in [0.2, 0.25) is 0 Å². The van der Waals surface area contributed by atoms with E-state index in [0.717, 1.165) is 11.3 Å². The molecule has 0 aliphatic rings. The molecule has 0 aliphatic carbocycles. The highest BCUT2D eigenvalue weighted by molar-refractivity contribution is 7.14. The molecule has 0 aliphatic heterocycles. The van der Waals surface area contributed by atoms with Gasteiger partial charge in [-0.2, -0.15) is 11.3 Å². The van der Waals surface area contributed by atoms with Crippen LogP contribution in [0.3, 0.4) is 0 Å². The zero-order valence-electron chi connectivity index (χ0n) is 9.30. The number of carboxylic acid groups (broad SMARTS) is 1. The highest BCUT2D eigenvalue weighted by atomic mass is 32.1. The molecule has 0 fully saturated rings. The molecule has 0 aromatic carbocycles. The van der Waals surface area contributed by atoms with Crippen LogP contribution in [0.25, 0.3) is 0 Å². The molecule has 0 radical (unpaired) electrons. The number of ether oxygens (including phenoxy) is 1. The zero-order chi connectivity index (χ0) is 12.3. The van der Waals surface area contributed by atoms with Gasteiger partial charge < -0.3 is 9.84 Å². The zero-order valence-corrected chi connectivity index (χ0v) is 10.9. The molecule has 0 saturated heterocycles. The predicted molar refractivity (Wildman–Crippen MR) is 69.5 cm³/mol. The SMILES string of the molecule is Cc1cc(OCCc2ccsc2)c(C(=O)O)s1. The van der Waals surface area contributed by atoms with E-state index >= 15 is 0 Å². The van der Waals surface area contributed by atoms with Gasteiger partial charge in [0.05, 0.1) is 6.61 Å². The fourth-order valence-electron chi connectivity index (χ4n) is 1.46. The van der Waals surface area contributed by atoms with Crippen molar-refractivity contribution in [3.8, 4) is 5.75 Å². The van der Waals surface area contributed by atoms with Crippen LogP contribution in [0.5, 0.6) is 5.75 Å². The van der Waals surface area contributed by atoms with Gasteiger partial charge in [-0.05, 0) is 35.4 Å². The number of aromatic carboxylic acids is 1. The Hall–Kier alpha value is -1.33. The van der Waals surface area contributed by atoms with Gasteiger partial charge in [0.25, 0.3) is 0 Å². The number of aryl methyl sites for hydroxylation is 1. The average Bonchev–Trinajstić information content (AvgIpc) is 2.88. The summed E-state index contributed by atoms with van der Waals surface area (Å²) >= 11 is 2.90. The molecule has 0 amide bonds. The maximum atomic E-state index is 11.0. The first-order valence-electron chi connectivity index (χ1n) is 5.14. The van der Waals surface area contributed by atoms with E-state index in [9.17, 15) is 4.79 Å². The maximum absolute atomic E-state index is 11.0. The first-order chi connectivity index (χ1) is 8.16. The second-order valence-electron chi connectivity index (χ2n) is 3.59. The Morgan fingerprint density at radius 1 is 1.53 bits per heavy atom. The van der Waals surface area contributed by atoms with Gasteiger partial charge in [0.15, 0.2) is 4.88 Å². The number of carboxylic acids is 1. The predicted octanol–water partition coefficient (Wildman–Crippen LogP) is 3.44. The average molecular weight is 268 g/mol. The summed E-state index contributed by atoms with van der Waals surface area (Å²) in [4.78, 5) is 12.2. The summed E-state index contributed by atoms with van der Waals surface area (Å²) in [5.41, 5.74) is 1.22. The minimum atomic E-state index is -0.923. The number of hydrogen-bond donors (Lipinski definition) is 1. The van der Waals surface area contributed by atoms with Crippen LogP contribution in [-0.4, -0.2) is 17.7 Å². The Morgan fingerprint density at radius 2 is 2.35 bits per heavy atom. The van der Waals surface area contributed by atoms with Gasteiger partial charge in [-0.3, -0.25) is 0 Å². The number of hydrogen-bond acceptors (Lipinski definition) is 4. The molecular formula is C12H12O3S2. The molecule has 2 aromatic heterocycles. The van der Waals surface area contributed by atoms with E-state index in [4.69, 9.17) is 9.84 Å². The molecule has 5 heteroatoms. The molecule has 0 atom stereocenters. The fourth-order valence-corrected chi connectivity index (χ4v) is 2.96. The topological polar surface area (TPSA) is 46.5 Å². The lowest BCUT2D eigenvalue weighted by Crippen LogP contribution is -2.03. The van der Waals surface area contributed by atoms with E-state index in [1.165, 1.54) is 16.9 Å². The van der Waals surface area contributed by atoms with Crippen LogP contribution in [0.1, 0.15) is 20.1 Å². The summed E-state index contributed by atoms with van der Waals surface area (Å²) in [6, 6.07) is 3.83. The van der Waals surface area contributed by atoms with Crippen molar-refractivity contribution in [3.63, 3.8) is 0 Å². The fraction of sp³-hybridized carbons (Fsp3) is 0.250. The van der Waals surface area contributed by atoms with Crippen molar-refractivity contribution in [2.24, 2.45) is 0 Å². The molecule has 2 rings (SSSR count). The van der Waals surface area contributed by atoms with E-state index in [2.05, 4.69) is 5.38 Å². The van der Waals surface area contributed by atoms with E-state index in [-0.39, 0.29) is 4.88 Å². The monoisotopic (exact) mass is 268 g/mol. The lowest BCUT2D eigenvalue weighted by Gasteiger charge is -2.03. The minimum Gasteiger partial charge on any atom is -0.491 e. The third kappa shape index (κ3) is 3.08. The Balaban J connectivity index is 1.96. The summed E-state index contributed by atoms with van der Waals surface area (Å²) in [6.07, 6.45) is 0.803. The number of carbonyl (C=O) groups is 1. The Labute approximate surface area is 107 Å². The van der Waals surface area contributed by atoms with Crippen molar-refractivity contribution in [1.29, 1.82) is 0 Å². The lowest BCUT2D eigenvalue weighted by atomic mass is 10.2. The second-order valence-corrected chi connectivity index (χ2v) is 5.62. The van der Waals surface area contributed by atoms with Gasteiger partial charge >= 0.3 is 5.97 Å². The van der Waals surface area contributed by atoms with Gasteiger partial charge in [0.2, 0.25) is 0 Å². The Kier molecular flexibility index (Phi) is 3.81. The van der Waals surface area contributed by atoms with Crippen LogP contribution in [0, 0.1) is 6.92 Å². The van der Waals surface area contributed by atoms with Crippen LogP contribution in [0.15, 0.2) is 22.9 Å². The van der Waals surface area contributed by atoms with E-state index in [1.807, 2.05) is 18.4 Å². The van der Waals surface area contributed by atoms with Crippen molar-refractivity contribution in [1.82, 2.24) is 0 Å². The second kappa shape index (κ2) is 5.33. The van der Waals surface area contributed by atoms with E-state index in [1.54, 1.807) is 17.4 Å². The molecule has 90 valence electrons. The molecule has 0 saturated carbocycles. The number of thiophene rings is 2. The molecule has 0 bridgehead atoms. The van der Waals surface area contributed by atoms with Gasteiger partial charge in [-0.25, -0.2) is 4.79 Å². The van der Waals surface area contributed by atoms with Crippen LogP contribution < -0.4 is 4.74 Å². The third-order valence-electron chi connectivity index (χ3n) is 2.24. The van der Waals surface area contributed by atoms with Gasteiger partial charge in [0.1, 0.15) is 5.75 Å². The third-order valence-corrected chi connectivity index (χ3v) is 4.00. The number of rotatable bonds is 5. The molecule has 3 nitrogen and oxygen atoms in total. The normalized spacial score (nSPS) is 10.4. The molecule has 2 heterocycles. The summed E-state index contributed by atoms with van der Waals surface area (Å²) in [5.74, 6) is -0.441. The molecule has 17 heavy (non-hydrogen) atoms. The standard InChI is InChI=1S/C12H12O3S2/c1-8-6-10(11(17-8)12(13)14)15-4-2-9-3-5-16-7-9/h3,5-7H,2,4H2,1H3,(H,13,14). The molecule has 0 unspecified atom stereocenters. The van der Waals surface area contributed by atoms with Crippen LogP contribution >= 0.6 is 22.7 Å². The lowest BCUT2D eigenvalue weighted by molar-refractivity contribution is 0.0698. The molecule has 1 N–H and O–H groups in total. The molecule has 2 aromatic rings. The van der Waals surface area contributed by atoms with E-state index < -0.39 is 5.97 Å². The quantitative estimate of drug-likeness (QED) is 0.903. The summed E-state index contributed by atoms with van der Waals surface area (Å²) in [6.45, 7) is 2.38.